The summed E-state index contributed by atoms with van der Waals surface area (Å²) in [5.41, 5.74) is 8.62. The maximum absolute atomic E-state index is 5.74. The Kier molecular flexibility index (Phi) is 1.51. The molecule has 0 fully saturated rings. The number of aromatic nitrogens is 2. The van der Waals surface area contributed by atoms with Crippen molar-refractivity contribution in [3.05, 3.63) is 36.2 Å². The van der Waals surface area contributed by atoms with Crippen LogP contribution in [0.5, 0.6) is 0 Å². The van der Waals surface area contributed by atoms with Gasteiger partial charge in [0.15, 0.2) is 0 Å². The van der Waals surface area contributed by atoms with Gasteiger partial charge in [0.2, 0.25) is 0 Å². The number of anilines is 1. The lowest BCUT2D eigenvalue weighted by atomic mass is 10.1. The second-order valence-electron chi connectivity index (χ2n) is 3.76. The Morgan fingerprint density at radius 3 is 2.93 bits per heavy atom. The molecule has 0 aliphatic carbocycles. The first-order chi connectivity index (χ1) is 7.24. The predicted octanol–water partition coefficient (Wildman–Crippen LogP) is 2.61. The van der Waals surface area contributed by atoms with Gasteiger partial charge in [-0.05, 0) is 30.5 Å². The van der Waals surface area contributed by atoms with E-state index in [1.807, 2.05) is 31.2 Å². The van der Waals surface area contributed by atoms with Crippen molar-refractivity contribution < 1.29 is 0 Å². The van der Waals surface area contributed by atoms with Gasteiger partial charge >= 0.3 is 0 Å². The summed E-state index contributed by atoms with van der Waals surface area (Å²) in [5.74, 6) is 0.939. The number of hydrogen-bond acceptors (Lipinski definition) is 2. The quantitative estimate of drug-likeness (QED) is 0.544. The maximum atomic E-state index is 5.74. The van der Waals surface area contributed by atoms with Crippen LogP contribution < -0.4 is 5.73 Å². The Bertz CT molecular complexity index is 652. The van der Waals surface area contributed by atoms with Crippen molar-refractivity contribution in [1.82, 2.24) is 9.97 Å². The topological polar surface area (TPSA) is 54.7 Å². The van der Waals surface area contributed by atoms with Gasteiger partial charge < -0.3 is 10.7 Å². The van der Waals surface area contributed by atoms with Crippen LogP contribution in [0.4, 0.5) is 5.69 Å². The van der Waals surface area contributed by atoms with Crippen molar-refractivity contribution >= 4 is 27.5 Å². The third-order valence-electron chi connectivity index (χ3n) is 2.61. The van der Waals surface area contributed by atoms with Gasteiger partial charge in [0.1, 0.15) is 5.82 Å². The molecule has 0 aliphatic rings. The van der Waals surface area contributed by atoms with Gasteiger partial charge in [0, 0.05) is 11.1 Å². The standard InChI is InChI=1S/C12H11N3/c1-7-14-11-5-2-8-6-9(13)3-4-10(8)12(11)15-7/h2-6H,13H2,1H3,(H,14,15). The van der Waals surface area contributed by atoms with E-state index in [1.165, 1.54) is 0 Å². The van der Waals surface area contributed by atoms with E-state index in [9.17, 15) is 0 Å². The number of aryl methyl sites for hydroxylation is 1. The molecule has 2 aromatic carbocycles. The minimum atomic E-state index is 0.786. The summed E-state index contributed by atoms with van der Waals surface area (Å²) < 4.78 is 0. The Morgan fingerprint density at radius 2 is 2.07 bits per heavy atom. The molecule has 3 aromatic rings. The number of hydrogen-bond donors (Lipinski definition) is 2. The number of nitrogens with two attached hydrogens (primary N) is 1. The van der Waals surface area contributed by atoms with E-state index in [0.717, 1.165) is 33.3 Å². The van der Waals surface area contributed by atoms with Crippen LogP contribution in [-0.2, 0) is 0 Å². The van der Waals surface area contributed by atoms with E-state index >= 15 is 0 Å². The van der Waals surface area contributed by atoms with E-state index in [4.69, 9.17) is 5.73 Å². The van der Waals surface area contributed by atoms with Gasteiger partial charge in [-0.25, -0.2) is 4.98 Å². The monoisotopic (exact) mass is 197 g/mol. The first-order valence-electron chi connectivity index (χ1n) is 4.88. The highest BCUT2D eigenvalue weighted by atomic mass is 14.9. The average Bonchev–Trinajstić information content (AvgIpc) is 2.58. The van der Waals surface area contributed by atoms with Crippen LogP contribution in [0, 0.1) is 6.92 Å². The molecule has 3 nitrogen and oxygen atoms in total. The van der Waals surface area contributed by atoms with Gasteiger partial charge in [-0.1, -0.05) is 12.1 Å². The van der Waals surface area contributed by atoms with Crippen LogP contribution in [0.25, 0.3) is 21.8 Å². The summed E-state index contributed by atoms with van der Waals surface area (Å²) in [5, 5.41) is 2.28. The predicted molar refractivity (Wildman–Crippen MR) is 62.7 cm³/mol. The highest BCUT2D eigenvalue weighted by Gasteiger charge is 2.04. The van der Waals surface area contributed by atoms with Crippen molar-refractivity contribution in [2.75, 3.05) is 5.73 Å². The minimum absolute atomic E-state index is 0.786. The number of fused-ring (bicyclic) bond motifs is 3. The maximum Gasteiger partial charge on any atom is 0.104 e. The fraction of sp³-hybridized carbons (Fsp3) is 0.0833. The van der Waals surface area contributed by atoms with E-state index in [1.54, 1.807) is 0 Å². The molecule has 0 spiro atoms. The zero-order chi connectivity index (χ0) is 10.4. The first kappa shape index (κ1) is 8.29. The summed E-state index contributed by atoms with van der Waals surface area (Å²) in [6.45, 7) is 1.96. The Labute approximate surface area is 86.9 Å². The number of nitrogens with one attached hydrogen (secondary N) is 1. The zero-order valence-electron chi connectivity index (χ0n) is 8.41. The fourth-order valence-corrected chi connectivity index (χ4v) is 1.94. The number of benzene rings is 2. The SMILES string of the molecule is Cc1nc2c(ccc3cc(N)ccc32)[nH]1. The van der Waals surface area contributed by atoms with E-state index in [-0.39, 0.29) is 0 Å². The second kappa shape index (κ2) is 2.73. The number of nitrogen functional groups attached to an aromatic ring is 1. The molecule has 1 heterocycles. The Morgan fingerprint density at radius 1 is 1.20 bits per heavy atom. The Hall–Kier alpha value is -2.03. The van der Waals surface area contributed by atoms with Gasteiger partial charge in [0.05, 0.1) is 11.0 Å². The lowest BCUT2D eigenvalue weighted by Gasteiger charge is -1.99. The smallest absolute Gasteiger partial charge is 0.104 e. The first-order valence-corrected chi connectivity index (χ1v) is 4.88. The molecule has 0 saturated carbocycles. The number of imidazole rings is 1. The van der Waals surface area contributed by atoms with Gasteiger partial charge in [-0.2, -0.15) is 0 Å². The molecule has 74 valence electrons. The third-order valence-corrected chi connectivity index (χ3v) is 2.61. The summed E-state index contributed by atoms with van der Waals surface area (Å²) in [4.78, 5) is 7.70. The molecule has 0 unspecified atom stereocenters. The molecule has 0 saturated heterocycles. The van der Waals surface area contributed by atoms with Gasteiger partial charge in [0.25, 0.3) is 0 Å². The van der Waals surface area contributed by atoms with Crippen molar-refractivity contribution in [3.8, 4) is 0 Å². The molecule has 0 amide bonds. The van der Waals surface area contributed by atoms with Gasteiger partial charge in [-0.3, -0.25) is 0 Å². The van der Waals surface area contributed by atoms with E-state index < -0.39 is 0 Å². The molecule has 3 rings (SSSR count). The van der Waals surface area contributed by atoms with Crippen molar-refractivity contribution in [2.45, 2.75) is 6.92 Å². The minimum Gasteiger partial charge on any atom is -0.399 e. The molecule has 1 aromatic heterocycles. The van der Waals surface area contributed by atoms with Crippen LogP contribution in [-0.4, -0.2) is 9.97 Å². The summed E-state index contributed by atoms with van der Waals surface area (Å²) in [6, 6.07) is 10.0. The van der Waals surface area contributed by atoms with Crippen molar-refractivity contribution in [3.63, 3.8) is 0 Å². The van der Waals surface area contributed by atoms with Crippen LogP contribution in [0.3, 0.4) is 0 Å². The second-order valence-corrected chi connectivity index (χ2v) is 3.76. The highest BCUT2D eigenvalue weighted by molar-refractivity contribution is 6.04. The molecular formula is C12H11N3. The Balaban J connectivity index is 2.53. The summed E-state index contributed by atoms with van der Waals surface area (Å²) >= 11 is 0. The largest absolute Gasteiger partial charge is 0.399 e. The molecular weight excluding hydrogens is 186 g/mol. The number of H-pyrrole nitrogens is 1. The summed E-state index contributed by atoms with van der Waals surface area (Å²) in [7, 11) is 0. The molecule has 0 atom stereocenters. The number of rotatable bonds is 0. The molecule has 0 aliphatic heterocycles. The highest BCUT2D eigenvalue weighted by Crippen LogP contribution is 2.25. The van der Waals surface area contributed by atoms with Crippen LogP contribution in [0.15, 0.2) is 30.3 Å². The number of nitrogens with zero attached hydrogens (tertiary/aromatic N) is 1. The van der Waals surface area contributed by atoms with Crippen LogP contribution in [0.1, 0.15) is 5.82 Å². The van der Waals surface area contributed by atoms with E-state index in [2.05, 4.69) is 16.0 Å². The fourth-order valence-electron chi connectivity index (χ4n) is 1.94. The molecule has 15 heavy (non-hydrogen) atoms. The van der Waals surface area contributed by atoms with Crippen LogP contribution >= 0.6 is 0 Å². The molecule has 3 heteroatoms. The van der Waals surface area contributed by atoms with Gasteiger partial charge in [-0.15, -0.1) is 0 Å². The lowest BCUT2D eigenvalue weighted by Crippen LogP contribution is -1.84. The third kappa shape index (κ3) is 1.16. The molecule has 0 bridgehead atoms. The van der Waals surface area contributed by atoms with E-state index in [0.29, 0.717) is 0 Å². The molecule has 0 radical (unpaired) electrons. The lowest BCUT2D eigenvalue weighted by molar-refractivity contribution is 1.17. The number of aromatic amines is 1. The summed E-state index contributed by atoms with van der Waals surface area (Å²) in [6.07, 6.45) is 0. The normalized spacial score (nSPS) is 11.3. The molecule has 3 N–H and O–H groups in total. The average molecular weight is 197 g/mol. The van der Waals surface area contributed by atoms with Crippen molar-refractivity contribution in [1.29, 1.82) is 0 Å². The van der Waals surface area contributed by atoms with Crippen LogP contribution in [0.2, 0.25) is 0 Å². The van der Waals surface area contributed by atoms with Crippen molar-refractivity contribution in [2.24, 2.45) is 0 Å². The zero-order valence-corrected chi connectivity index (χ0v) is 8.41.